The molecule has 17 heavy (non-hydrogen) atoms. The zero-order chi connectivity index (χ0) is 12.4. The van der Waals surface area contributed by atoms with E-state index in [0.717, 1.165) is 2.88 Å². The SMILES string of the molecule is O=C(Cc1ccc(Cl)cc1F)c1csc(I)c1. The Balaban J connectivity index is 2.18. The van der Waals surface area contributed by atoms with Crippen molar-refractivity contribution in [2.45, 2.75) is 6.42 Å². The summed E-state index contributed by atoms with van der Waals surface area (Å²) in [5.74, 6) is -0.513. The van der Waals surface area contributed by atoms with Crippen LogP contribution in [0.25, 0.3) is 0 Å². The van der Waals surface area contributed by atoms with Crippen LogP contribution in [0.15, 0.2) is 29.6 Å². The Bertz CT molecular complexity index is 567. The molecule has 0 aliphatic carbocycles. The molecule has 0 saturated carbocycles. The van der Waals surface area contributed by atoms with Crippen molar-refractivity contribution < 1.29 is 9.18 Å². The highest BCUT2D eigenvalue weighted by Gasteiger charge is 2.12. The molecule has 0 radical (unpaired) electrons. The lowest BCUT2D eigenvalue weighted by molar-refractivity contribution is 0.0992. The fourth-order valence-corrected chi connectivity index (χ4v) is 2.91. The number of Topliss-reactive ketones (excluding diaryl/α,β-unsaturated/α-hetero) is 1. The van der Waals surface area contributed by atoms with Gasteiger partial charge in [0.2, 0.25) is 0 Å². The van der Waals surface area contributed by atoms with Crippen LogP contribution in [0.4, 0.5) is 4.39 Å². The third-order valence-electron chi connectivity index (χ3n) is 2.26. The Kier molecular flexibility index (Phi) is 4.17. The quantitative estimate of drug-likeness (QED) is 0.563. The number of carbonyl (C=O) groups excluding carboxylic acids is 1. The van der Waals surface area contributed by atoms with Gasteiger partial charge in [0.15, 0.2) is 5.78 Å². The second-order valence-corrected chi connectivity index (χ2v) is 6.72. The topological polar surface area (TPSA) is 17.1 Å². The van der Waals surface area contributed by atoms with E-state index in [2.05, 4.69) is 22.6 Å². The zero-order valence-corrected chi connectivity index (χ0v) is 12.3. The molecule has 2 aromatic rings. The lowest BCUT2D eigenvalue weighted by Gasteiger charge is -2.02. The molecule has 1 heterocycles. The van der Waals surface area contributed by atoms with Gasteiger partial charge in [-0.1, -0.05) is 17.7 Å². The van der Waals surface area contributed by atoms with Crippen molar-refractivity contribution in [2.24, 2.45) is 0 Å². The molecule has 0 amide bonds. The summed E-state index contributed by atoms with van der Waals surface area (Å²) in [5.41, 5.74) is 1.01. The van der Waals surface area contributed by atoms with Gasteiger partial charge in [-0.2, -0.15) is 0 Å². The zero-order valence-electron chi connectivity index (χ0n) is 8.54. The maximum atomic E-state index is 13.5. The number of ketones is 1. The average Bonchev–Trinajstić information content (AvgIpc) is 2.69. The largest absolute Gasteiger partial charge is 0.294 e. The molecule has 1 aromatic heterocycles. The molecule has 0 atom stereocenters. The highest BCUT2D eigenvalue weighted by Crippen LogP contribution is 2.20. The molecule has 0 spiro atoms. The maximum Gasteiger partial charge on any atom is 0.168 e. The summed E-state index contributed by atoms with van der Waals surface area (Å²) in [6.45, 7) is 0. The van der Waals surface area contributed by atoms with E-state index in [-0.39, 0.29) is 12.2 Å². The minimum atomic E-state index is -0.434. The van der Waals surface area contributed by atoms with Gasteiger partial charge in [0.1, 0.15) is 5.82 Å². The van der Waals surface area contributed by atoms with Crippen LogP contribution in [-0.4, -0.2) is 5.78 Å². The molecule has 0 fully saturated rings. The smallest absolute Gasteiger partial charge is 0.168 e. The third-order valence-corrected chi connectivity index (χ3v) is 4.28. The van der Waals surface area contributed by atoms with Crippen molar-refractivity contribution in [1.82, 2.24) is 0 Å². The molecule has 1 nitrogen and oxygen atoms in total. The van der Waals surface area contributed by atoms with Crippen molar-refractivity contribution in [3.05, 3.63) is 54.5 Å². The van der Waals surface area contributed by atoms with Gasteiger partial charge in [-0.15, -0.1) is 11.3 Å². The van der Waals surface area contributed by atoms with Gasteiger partial charge in [0.05, 0.1) is 2.88 Å². The predicted octanol–water partition coefficient (Wildman–Crippen LogP) is 4.57. The van der Waals surface area contributed by atoms with E-state index >= 15 is 0 Å². The molecular formula is C12H7ClFIOS. The summed E-state index contributed by atoms with van der Waals surface area (Å²) in [6.07, 6.45) is 0.0653. The first-order chi connectivity index (χ1) is 8.06. The maximum absolute atomic E-state index is 13.5. The standard InChI is InChI=1S/C12H7ClFIOS/c13-9-2-1-7(10(14)5-9)3-11(16)8-4-12(15)17-6-8/h1-2,4-6H,3H2. The van der Waals surface area contributed by atoms with Gasteiger partial charge in [0, 0.05) is 22.4 Å². The van der Waals surface area contributed by atoms with Crippen LogP contribution < -0.4 is 0 Å². The molecule has 0 bridgehead atoms. The fraction of sp³-hybridized carbons (Fsp3) is 0.0833. The van der Waals surface area contributed by atoms with E-state index in [4.69, 9.17) is 11.6 Å². The van der Waals surface area contributed by atoms with E-state index in [9.17, 15) is 9.18 Å². The summed E-state index contributed by atoms with van der Waals surface area (Å²) in [6, 6.07) is 6.17. The molecule has 0 aliphatic heterocycles. The Morgan fingerprint density at radius 3 is 2.76 bits per heavy atom. The molecule has 0 N–H and O–H groups in total. The first-order valence-electron chi connectivity index (χ1n) is 4.77. The van der Waals surface area contributed by atoms with Crippen LogP contribution in [0.2, 0.25) is 5.02 Å². The van der Waals surface area contributed by atoms with Crippen molar-refractivity contribution in [2.75, 3.05) is 0 Å². The van der Waals surface area contributed by atoms with Crippen molar-refractivity contribution >= 4 is 51.3 Å². The molecule has 0 unspecified atom stereocenters. The van der Waals surface area contributed by atoms with Crippen molar-refractivity contribution in [3.8, 4) is 0 Å². The van der Waals surface area contributed by atoms with E-state index in [1.807, 2.05) is 0 Å². The fourth-order valence-electron chi connectivity index (χ4n) is 1.40. The Labute approximate surface area is 121 Å². The van der Waals surface area contributed by atoms with Gasteiger partial charge >= 0.3 is 0 Å². The normalized spacial score (nSPS) is 10.5. The van der Waals surface area contributed by atoms with Gasteiger partial charge in [-0.25, -0.2) is 4.39 Å². The highest BCUT2D eigenvalue weighted by molar-refractivity contribution is 14.1. The number of thiophene rings is 1. The Morgan fingerprint density at radius 2 is 2.18 bits per heavy atom. The van der Waals surface area contributed by atoms with Gasteiger partial charge in [-0.3, -0.25) is 4.79 Å². The summed E-state index contributed by atoms with van der Waals surface area (Å²) in [5, 5.41) is 2.13. The molecular weight excluding hydrogens is 374 g/mol. The lowest BCUT2D eigenvalue weighted by Crippen LogP contribution is -2.03. The molecule has 2 rings (SSSR count). The molecule has 88 valence electrons. The van der Waals surface area contributed by atoms with Gasteiger partial charge in [-0.05, 0) is 46.4 Å². The van der Waals surface area contributed by atoms with E-state index in [0.29, 0.717) is 16.1 Å². The number of halogens is 3. The minimum absolute atomic E-state index is 0.0653. The van der Waals surface area contributed by atoms with Gasteiger partial charge in [0.25, 0.3) is 0 Å². The summed E-state index contributed by atoms with van der Waals surface area (Å²) < 4.78 is 14.5. The van der Waals surface area contributed by atoms with Crippen molar-refractivity contribution in [1.29, 1.82) is 0 Å². The lowest BCUT2D eigenvalue weighted by atomic mass is 10.1. The van der Waals surface area contributed by atoms with Crippen LogP contribution in [-0.2, 0) is 6.42 Å². The average molecular weight is 381 g/mol. The summed E-state index contributed by atoms with van der Waals surface area (Å²) >= 11 is 9.30. The monoisotopic (exact) mass is 380 g/mol. The number of rotatable bonds is 3. The Hall–Kier alpha value is -0.460. The van der Waals surface area contributed by atoms with E-state index < -0.39 is 5.82 Å². The predicted molar refractivity (Wildman–Crippen MR) is 76.5 cm³/mol. The molecule has 0 aliphatic rings. The van der Waals surface area contributed by atoms with Crippen LogP contribution in [0.3, 0.4) is 0 Å². The number of carbonyl (C=O) groups is 1. The first kappa shape index (κ1) is 13.0. The van der Waals surface area contributed by atoms with Crippen molar-refractivity contribution in [3.63, 3.8) is 0 Å². The second kappa shape index (κ2) is 5.46. The summed E-state index contributed by atoms with van der Waals surface area (Å²) in [7, 11) is 0. The van der Waals surface area contributed by atoms with Crippen LogP contribution in [0.1, 0.15) is 15.9 Å². The van der Waals surface area contributed by atoms with E-state index in [1.54, 1.807) is 23.6 Å². The highest BCUT2D eigenvalue weighted by atomic mass is 127. The van der Waals surface area contributed by atoms with Gasteiger partial charge < -0.3 is 0 Å². The first-order valence-corrected chi connectivity index (χ1v) is 7.11. The Morgan fingerprint density at radius 1 is 1.41 bits per heavy atom. The second-order valence-electron chi connectivity index (χ2n) is 3.48. The van der Waals surface area contributed by atoms with Crippen LogP contribution in [0, 0.1) is 8.70 Å². The number of benzene rings is 1. The minimum Gasteiger partial charge on any atom is -0.294 e. The van der Waals surface area contributed by atoms with Crippen LogP contribution in [0.5, 0.6) is 0 Å². The number of hydrogen-bond donors (Lipinski definition) is 0. The van der Waals surface area contributed by atoms with E-state index in [1.165, 1.54) is 17.4 Å². The number of hydrogen-bond acceptors (Lipinski definition) is 2. The third kappa shape index (κ3) is 3.26. The van der Waals surface area contributed by atoms with Crippen LogP contribution >= 0.6 is 45.5 Å². The molecule has 1 aromatic carbocycles. The summed E-state index contributed by atoms with van der Waals surface area (Å²) in [4.78, 5) is 11.9. The molecule has 0 saturated heterocycles. The molecule has 5 heteroatoms.